The number of halogens is 1. The number of nitrogens with one attached hydrogen (secondary N) is 1. The van der Waals surface area contributed by atoms with E-state index in [1.807, 2.05) is 6.07 Å². The molecule has 2 aromatic rings. The van der Waals surface area contributed by atoms with Crippen LogP contribution in [0.5, 0.6) is 0 Å². The Morgan fingerprint density at radius 3 is 3.23 bits per heavy atom. The average Bonchev–Trinajstić information content (AvgIpc) is 2.58. The fraction of sp³-hybridized carbons (Fsp3) is 0.100. The topological polar surface area (TPSA) is 28.7 Å². The molecule has 0 bridgehead atoms. The molecule has 2 rings (SSSR count). The largest absolute Gasteiger partial charge is 0.346 e. The molecule has 2 heterocycles. The van der Waals surface area contributed by atoms with E-state index in [9.17, 15) is 4.39 Å². The second kappa shape index (κ2) is 3.01. The van der Waals surface area contributed by atoms with E-state index in [0.29, 0.717) is 12.0 Å². The molecule has 0 fully saturated rings. The third-order valence-electron chi connectivity index (χ3n) is 1.99. The Kier molecular flexibility index (Phi) is 1.85. The first-order valence-electron chi connectivity index (χ1n) is 4.04. The molecule has 2 aromatic heterocycles. The molecule has 0 amide bonds. The summed E-state index contributed by atoms with van der Waals surface area (Å²) >= 11 is 0. The van der Waals surface area contributed by atoms with Gasteiger partial charge in [-0.05, 0) is 12.5 Å². The molecule has 0 spiro atoms. The van der Waals surface area contributed by atoms with Gasteiger partial charge in [-0.3, -0.25) is 0 Å². The Bertz CT molecular complexity index is 445. The number of rotatable bonds is 2. The highest BCUT2D eigenvalue weighted by Crippen LogP contribution is 2.19. The summed E-state index contributed by atoms with van der Waals surface area (Å²) in [5, 5.41) is 0.833. The highest BCUT2D eigenvalue weighted by molar-refractivity contribution is 5.79. The summed E-state index contributed by atoms with van der Waals surface area (Å²) in [6.07, 6.45) is 5.20. The van der Waals surface area contributed by atoms with Crippen molar-refractivity contribution in [1.29, 1.82) is 0 Å². The lowest BCUT2D eigenvalue weighted by atomic mass is 10.1. The third kappa shape index (κ3) is 1.22. The van der Waals surface area contributed by atoms with Gasteiger partial charge < -0.3 is 4.98 Å². The molecule has 2 nitrogen and oxygen atoms in total. The van der Waals surface area contributed by atoms with E-state index >= 15 is 0 Å². The highest BCUT2D eigenvalue weighted by Gasteiger charge is 2.07. The molecule has 3 heteroatoms. The third-order valence-corrected chi connectivity index (χ3v) is 1.99. The van der Waals surface area contributed by atoms with Gasteiger partial charge in [0.2, 0.25) is 0 Å². The van der Waals surface area contributed by atoms with Crippen molar-refractivity contribution in [3.8, 4) is 0 Å². The Balaban J connectivity index is 2.72. The molecule has 0 aliphatic carbocycles. The van der Waals surface area contributed by atoms with Crippen LogP contribution in [-0.4, -0.2) is 9.97 Å². The van der Waals surface area contributed by atoms with Crippen LogP contribution in [0.1, 0.15) is 5.56 Å². The normalized spacial score (nSPS) is 10.5. The number of hydrogen-bond donors (Lipinski definition) is 1. The lowest BCUT2D eigenvalue weighted by Gasteiger charge is -2.00. The van der Waals surface area contributed by atoms with E-state index in [2.05, 4.69) is 16.5 Å². The Morgan fingerprint density at radius 1 is 1.62 bits per heavy atom. The second-order valence-corrected chi connectivity index (χ2v) is 2.82. The molecular formula is C10H9FN2. The molecule has 0 unspecified atom stereocenters. The van der Waals surface area contributed by atoms with Crippen molar-refractivity contribution in [1.82, 2.24) is 9.97 Å². The number of nitrogens with zero attached hydrogens (tertiary/aromatic N) is 1. The molecule has 0 aliphatic rings. The predicted octanol–water partition coefficient (Wildman–Crippen LogP) is 2.43. The summed E-state index contributed by atoms with van der Waals surface area (Å²) in [6, 6.07) is 1.82. The van der Waals surface area contributed by atoms with E-state index in [1.54, 1.807) is 12.3 Å². The predicted molar refractivity (Wildman–Crippen MR) is 50.0 cm³/mol. The monoisotopic (exact) mass is 176 g/mol. The molecule has 0 aromatic carbocycles. The first-order chi connectivity index (χ1) is 6.33. The number of hydrogen-bond acceptors (Lipinski definition) is 1. The van der Waals surface area contributed by atoms with E-state index in [-0.39, 0.29) is 5.82 Å². The zero-order valence-electron chi connectivity index (χ0n) is 7.05. The van der Waals surface area contributed by atoms with Crippen molar-refractivity contribution >= 4 is 11.0 Å². The first kappa shape index (κ1) is 7.98. The standard InChI is InChI=1S/C10H9FN2/c1-2-3-7-8-4-5-12-10(8)13-6-9(7)11/h2,4-6H,1,3H2,(H,12,13). The van der Waals surface area contributed by atoms with E-state index < -0.39 is 0 Å². The van der Waals surface area contributed by atoms with E-state index in [0.717, 1.165) is 11.0 Å². The number of pyridine rings is 1. The van der Waals surface area contributed by atoms with Crippen LogP contribution in [-0.2, 0) is 6.42 Å². The fourth-order valence-electron chi connectivity index (χ4n) is 1.39. The van der Waals surface area contributed by atoms with Gasteiger partial charge >= 0.3 is 0 Å². The maximum absolute atomic E-state index is 13.3. The quantitative estimate of drug-likeness (QED) is 0.699. The van der Waals surface area contributed by atoms with Gasteiger partial charge in [0, 0.05) is 17.1 Å². The highest BCUT2D eigenvalue weighted by atomic mass is 19.1. The SMILES string of the molecule is C=CCc1c(F)cnc2[nH]ccc12. The summed E-state index contributed by atoms with van der Waals surface area (Å²) < 4.78 is 13.3. The zero-order chi connectivity index (χ0) is 9.26. The van der Waals surface area contributed by atoms with Crippen LogP contribution in [0.15, 0.2) is 31.1 Å². The second-order valence-electron chi connectivity index (χ2n) is 2.82. The number of H-pyrrole nitrogens is 1. The number of fused-ring (bicyclic) bond motifs is 1. The van der Waals surface area contributed by atoms with Crippen LogP contribution in [0.2, 0.25) is 0 Å². The van der Waals surface area contributed by atoms with Crippen molar-refractivity contribution < 1.29 is 4.39 Å². The van der Waals surface area contributed by atoms with Gasteiger partial charge in [0.15, 0.2) is 0 Å². The van der Waals surface area contributed by atoms with Gasteiger partial charge in [0.1, 0.15) is 11.5 Å². The van der Waals surface area contributed by atoms with Gasteiger partial charge in [-0.1, -0.05) is 6.08 Å². The van der Waals surface area contributed by atoms with Crippen molar-refractivity contribution in [3.63, 3.8) is 0 Å². The van der Waals surface area contributed by atoms with Crippen molar-refractivity contribution in [2.24, 2.45) is 0 Å². The first-order valence-corrected chi connectivity index (χ1v) is 4.04. The van der Waals surface area contributed by atoms with Gasteiger partial charge in [-0.15, -0.1) is 6.58 Å². The Hall–Kier alpha value is -1.64. The minimum Gasteiger partial charge on any atom is -0.346 e. The van der Waals surface area contributed by atoms with Gasteiger partial charge in [0.05, 0.1) is 6.20 Å². The molecule has 13 heavy (non-hydrogen) atoms. The minimum atomic E-state index is -0.271. The molecule has 0 aliphatic heterocycles. The maximum atomic E-state index is 13.3. The van der Waals surface area contributed by atoms with Gasteiger partial charge in [0.25, 0.3) is 0 Å². The van der Waals surface area contributed by atoms with Crippen LogP contribution in [0.4, 0.5) is 4.39 Å². The molecule has 66 valence electrons. The van der Waals surface area contributed by atoms with Gasteiger partial charge in [-0.2, -0.15) is 0 Å². The lowest BCUT2D eigenvalue weighted by molar-refractivity contribution is 0.612. The van der Waals surface area contributed by atoms with Crippen LogP contribution >= 0.6 is 0 Å². The summed E-state index contributed by atoms with van der Waals surface area (Å²) in [5.74, 6) is -0.271. The summed E-state index contributed by atoms with van der Waals surface area (Å²) in [6.45, 7) is 3.59. The van der Waals surface area contributed by atoms with Crippen LogP contribution in [0.3, 0.4) is 0 Å². The van der Waals surface area contributed by atoms with Crippen LogP contribution < -0.4 is 0 Å². The Morgan fingerprint density at radius 2 is 2.46 bits per heavy atom. The smallest absolute Gasteiger partial charge is 0.145 e. The molecule has 0 saturated carbocycles. The number of allylic oxidation sites excluding steroid dienone is 1. The minimum absolute atomic E-state index is 0.271. The zero-order valence-corrected chi connectivity index (χ0v) is 7.05. The molecule has 0 saturated heterocycles. The van der Waals surface area contributed by atoms with Crippen molar-refractivity contribution in [3.05, 3.63) is 42.5 Å². The summed E-state index contributed by atoms with van der Waals surface area (Å²) in [4.78, 5) is 6.85. The summed E-state index contributed by atoms with van der Waals surface area (Å²) in [5.41, 5.74) is 1.37. The maximum Gasteiger partial charge on any atom is 0.145 e. The van der Waals surface area contributed by atoms with Crippen LogP contribution in [0, 0.1) is 5.82 Å². The molecule has 0 atom stereocenters. The molecule has 1 N–H and O–H groups in total. The van der Waals surface area contributed by atoms with Gasteiger partial charge in [-0.25, -0.2) is 9.37 Å². The lowest BCUT2D eigenvalue weighted by Crippen LogP contribution is -1.91. The average molecular weight is 176 g/mol. The number of aromatic amines is 1. The van der Waals surface area contributed by atoms with Crippen LogP contribution in [0.25, 0.3) is 11.0 Å². The van der Waals surface area contributed by atoms with E-state index in [1.165, 1.54) is 6.20 Å². The summed E-state index contributed by atoms with van der Waals surface area (Å²) in [7, 11) is 0. The fourth-order valence-corrected chi connectivity index (χ4v) is 1.39. The van der Waals surface area contributed by atoms with Crippen molar-refractivity contribution in [2.45, 2.75) is 6.42 Å². The molecular weight excluding hydrogens is 167 g/mol. The van der Waals surface area contributed by atoms with Crippen molar-refractivity contribution in [2.75, 3.05) is 0 Å². The molecule has 0 radical (unpaired) electrons. The van der Waals surface area contributed by atoms with E-state index in [4.69, 9.17) is 0 Å². The number of aromatic nitrogens is 2. The Labute approximate surface area is 75.1 Å².